The van der Waals surface area contributed by atoms with Crippen molar-refractivity contribution in [3.8, 4) is 5.75 Å². The van der Waals surface area contributed by atoms with Crippen molar-refractivity contribution in [2.24, 2.45) is 7.05 Å². The van der Waals surface area contributed by atoms with Gasteiger partial charge in [-0.25, -0.2) is 4.98 Å². The number of methoxy groups -OCH3 is 1. The first-order valence-corrected chi connectivity index (χ1v) is 10.0. The maximum atomic E-state index is 13.4. The number of aryl methyl sites for hydroxylation is 2. The Labute approximate surface area is 176 Å². The molecular formula is C20H18ClN5O2S. The summed E-state index contributed by atoms with van der Waals surface area (Å²) >= 11 is 7.71. The third-order valence-corrected chi connectivity index (χ3v) is 6.08. The van der Waals surface area contributed by atoms with Crippen LogP contribution in [0.25, 0.3) is 10.2 Å². The molecule has 0 bridgehead atoms. The van der Waals surface area contributed by atoms with Crippen molar-refractivity contribution in [3.63, 3.8) is 0 Å². The Kier molecular flexibility index (Phi) is 5.21. The molecule has 0 fully saturated rings. The van der Waals surface area contributed by atoms with E-state index in [2.05, 4.69) is 15.1 Å². The van der Waals surface area contributed by atoms with E-state index in [4.69, 9.17) is 16.3 Å². The molecule has 0 atom stereocenters. The fourth-order valence-corrected chi connectivity index (χ4v) is 4.18. The molecule has 0 spiro atoms. The van der Waals surface area contributed by atoms with Gasteiger partial charge < -0.3 is 4.74 Å². The van der Waals surface area contributed by atoms with Gasteiger partial charge in [0.15, 0.2) is 10.8 Å². The van der Waals surface area contributed by atoms with Crippen molar-refractivity contribution < 1.29 is 9.53 Å². The molecule has 3 heterocycles. The van der Waals surface area contributed by atoms with Crippen molar-refractivity contribution >= 4 is 44.2 Å². The molecule has 0 unspecified atom stereocenters. The largest absolute Gasteiger partial charge is 0.494 e. The van der Waals surface area contributed by atoms with E-state index in [0.717, 1.165) is 16.0 Å². The number of hydrogen-bond acceptors (Lipinski definition) is 6. The van der Waals surface area contributed by atoms with Crippen molar-refractivity contribution in [1.82, 2.24) is 19.7 Å². The topological polar surface area (TPSA) is 73.1 Å². The summed E-state index contributed by atoms with van der Waals surface area (Å²) in [6.45, 7) is 2.21. The molecule has 148 valence electrons. The van der Waals surface area contributed by atoms with Crippen LogP contribution in [-0.4, -0.2) is 32.8 Å². The minimum absolute atomic E-state index is 0.244. The summed E-state index contributed by atoms with van der Waals surface area (Å²) in [7, 11) is 3.39. The van der Waals surface area contributed by atoms with Gasteiger partial charge in [-0.15, -0.1) is 0 Å². The second kappa shape index (κ2) is 7.81. The summed E-state index contributed by atoms with van der Waals surface area (Å²) in [5, 5.41) is 5.42. The zero-order valence-electron chi connectivity index (χ0n) is 16.1. The van der Waals surface area contributed by atoms with Crippen molar-refractivity contribution in [2.45, 2.75) is 13.5 Å². The van der Waals surface area contributed by atoms with Crippen molar-refractivity contribution in [2.75, 3.05) is 12.0 Å². The number of rotatable bonds is 5. The van der Waals surface area contributed by atoms with E-state index in [9.17, 15) is 4.79 Å². The van der Waals surface area contributed by atoms with E-state index in [1.807, 2.05) is 19.1 Å². The lowest BCUT2D eigenvalue weighted by Gasteiger charge is -2.18. The molecule has 4 rings (SSSR count). The summed E-state index contributed by atoms with van der Waals surface area (Å²) in [6, 6.07) is 9.04. The smallest absolute Gasteiger partial charge is 0.280 e. The van der Waals surface area contributed by atoms with Gasteiger partial charge in [0.1, 0.15) is 11.3 Å². The van der Waals surface area contributed by atoms with Gasteiger partial charge in [-0.05, 0) is 36.8 Å². The van der Waals surface area contributed by atoms with Crippen LogP contribution in [0.2, 0.25) is 5.02 Å². The van der Waals surface area contributed by atoms with Gasteiger partial charge in [-0.3, -0.25) is 19.4 Å². The highest BCUT2D eigenvalue weighted by Crippen LogP contribution is 2.39. The molecule has 9 heteroatoms. The normalized spacial score (nSPS) is 11.0. The van der Waals surface area contributed by atoms with Crippen LogP contribution in [0.4, 0.5) is 5.13 Å². The highest BCUT2D eigenvalue weighted by molar-refractivity contribution is 7.23. The monoisotopic (exact) mass is 427 g/mol. The minimum atomic E-state index is -0.244. The van der Waals surface area contributed by atoms with Gasteiger partial charge in [-0.2, -0.15) is 5.10 Å². The molecule has 3 aromatic heterocycles. The first-order chi connectivity index (χ1) is 14.0. The molecule has 0 saturated carbocycles. The van der Waals surface area contributed by atoms with E-state index in [1.54, 1.807) is 54.3 Å². The lowest BCUT2D eigenvalue weighted by molar-refractivity contribution is 0.0979. The SMILES string of the molecule is COc1ccc(Cl)c2sc(N(Cc3cccnc3)C(=O)c3cc(C)n(C)n3)nc12. The van der Waals surface area contributed by atoms with Gasteiger partial charge in [0.25, 0.3) is 5.91 Å². The number of carbonyl (C=O) groups is 1. The molecule has 0 aliphatic heterocycles. The molecule has 4 aromatic rings. The standard InChI is InChI=1S/C20H18ClN5O2S/c1-12-9-15(24-25(12)2)19(27)26(11-13-5-4-8-22-10-13)20-23-17-16(28-3)7-6-14(21)18(17)29-20/h4-10H,11H2,1-3H3. The third-order valence-electron chi connectivity index (χ3n) is 4.54. The van der Waals surface area contributed by atoms with Crippen LogP contribution in [0.3, 0.4) is 0 Å². The van der Waals surface area contributed by atoms with Gasteiger partial charge in [0, 0.05) is 25.1 Å². The second-order valence-corrected chi connectivity index (χ2v) is 7.86. The van der Waals surface area contributed by atoms with E-state index in [1.165, 1.54) is 11.3 Å². The fourth-order valence-electron chi connectivity index (χ4n) is 2.93. The summed E-state index contributed by atoms with van der Waals surface area (Å²) in [4.78, 5) is 23.8. The molecule has 0 N–H and O–H groups in total. The number of thiazole rings is 1. The number of pyridine rings is 1. The lowest BCUT2D eigenvalue weighted by Crippen LogP contribution is -2.30. The number of ether oxygens (including phenoxy) is 1. The molecule has 1 aromatic carbocycles. The van der Waals surface area contributed by atoms with E-state index in [0.29, 0.717) is 33.7 Å². The van der Waals surface area contributed by atoms with Gasteiger partial charge >= 0.3 is 0 Å². The Hall–Kier alpha value is -2.97. The number of nitrogens with zero attached hydrogens (tertiary/aromatic N) is 5. The minimum Gasteiger partial charge on any atom is -0.494 e. The first kappa shape index (κ1) is 19.4. The summed E-state index contributed by atoms with van der Waals surface area (Å²) < 4.78 is 7.85. The van der Waals surface area contributed by atoms with Crippen LogP contribution in [0.15, 0.2) is 42.7 Å². The number of benzene rings is 1. The van der Waals surface area contributed by atoms with Crippen molar-refractivity contribution in [1.29, 1.82) is 0 Å². The zero-order chi connectivity index (χ0) is 20.5. The Morgan fingerprint density at radius 1 is 1.34 bits per heavy atom. The number of halogens is 1. The number of aromatic nitrogens is 4. The van der Waals surface area contributed by atoms with Gasteiger partial charge in [0.05, 0.1) is 23.4 Å². The number of hydrogen-bond donors (Lipinski definition) is 0. The van der Waals surface area contributed by atoms with E-state index >= 15 is 0 Å². The molecule has 29 heavy (non-hydrogen) atoms. The molecule has 0 aliphatic carbocycles. The predicted octanol–water partition coefficient (Wildman–Crippen LogP) is 4.24. The molecule has 0 radical (unpaired) electrons. The predicted molar refractivity (Wildman–Crippen MR) is 114 cm³/mol. The highest BCUT2D eigenvalue weighted by atomic mass is 35.5. The maximum Gasteiger partial charge on any atom is 0.280 e. The third kappa shape index (κ3) is 3.68. The van der Waals surface area contributed by atoms with Crippen LogP contribution in [0, 0.1) is 6.92 Å². The average Bonchev–Trinajstić information content (AvgIpc) is 3.31. The lowest BCUT2D eigenvalue weighted by atomic mass is 10.2. The quantitative estimate of drug-likeness (QED) is 0.476. The van der Waals surface area contributed by atoms with Crippen LogP contribution in [0.1, 0.15) is 21.7 Å². The van der Waals surface area contributed by atoms with E-state index in [-0.39, 0.29) is 5.91 Å². The van der Waals surface area contributed by atoms with Crippen LogP contribution < -0.4 is 9.64 Å². The number of fused-ring (bicyclic) bond motifs is 1. The average molecular weight is 428 g/mol. The maximum absolute atomic E-state index is 13.4. The van der Waals surface area contributed by atoms with Crippen LogP contribution >= 0.6 is 22.9 Å². The summed E-state index contributed by atoms with van der Waals surface area (Å²) in [5.41, 5.74) is 2.75. The van der Waals surface area contributed by atoms with Gasteiger partial charge in [0.2, 0.25) is 0 Å². The molecular weight excluding hydrogens is 410 g/mol. The summed E-state index contributed by atoms with van der Waals surface area (Å²) in [6.07, 6.45) is 3.42. The number of amides is 1. The molecule has 1 amide bonds. The Morgan fingerprint density at radius 3 is 2.83 bits per heavy atom. The molecule has 0 aliphatic rings. The molecule has 0 saturated heterocycles. The zero-order valence-corrected chi connectivity index (χ0v) is 17.7. The van der Waals surface area contributed by atoms with Crippen molar-refractivity contribution in [3.05, 3.63) is 64.7 Å². The second-order valence-electron chi connectivity index (χ2n) is 6.47. The van der Waals surface area contributed by atoms with E-state index < -0.39 is 0 Å². The number of anilines is 1. The Morgan fingerprint density at radius 2 is 2.17 bits per heavy atom. The Balaban J connectivity index is 1.82. The highest BCUT2D eigenvalue weighted by Gasteiger charge is 2.25. The Bertz CT molecular complexity index is 1170. The van der Waals surface area contributed by atoms with Crippen LogP contribution in [0.5, 0.6) is 5.75 Å². The first-order valence-electron chi connectivity index (χ1n) is 8.82. The fraction of sp³-hybridized carbons (Fsp3) is 0.200. The molecule has 7 nitrogen and oxygen atoms in total. The number of carbonyl (C=O) groups excluding carboxylic acids is 1. The van der Waals surface area contributed by atoms with Gasteiger partial charge in [-0.1, -0.05) is 29.0 Å². The summed E-state index contributed by atoms with van der Waals surface area (Å²) in [5.74, 6) is 0.362. The van der Waals surface area contributed by atoms with Crippen LogP contribution in [-0.2, 0) is 13.6 Å².